The predicted octanol–water partition coefficient (Wildman–Crippen LogP) is 10.8. The summed E-state index contributed by atoms with van der Waals surface area (Å²) in [6.07, 6.45) is -8.10. The van der Waals surface area contributed by atoms with Gasteiger partial charge in [-0.2, -0.15) is 0 Å². The number of hydrogen-bond acceptors (Lipinski definition) is 11. The van der Waals surface area contributed by atoms with E-state index in [9.17, 15) is 0 Å². The van der Waals surface area contributed by atoms with E-state index >= 15 is 0 Å². The topological polar surface area (TPSA) is 102 Å². The molecule has 0 saturated carbocycles. The Morgan fingerprint density at radius 1 is 0.288 bits per heavy atom. The fraction of sp³-hybridized carbons (Fsp3) is 0.323. The molecule has 73 heavy (non-hydrogen) atoms. The van der Waals surface area contributed by atoms with E-state index < -0.39 is 61.4 Å². The van der Waals surface area contributed by atoms with Gasteiger partial charge in [0.05, 0.1) is 59.5 Å². The van der Waals surface area contributed by atoms with Gasteiger partial charge >= 0.3 is 0 Å². The van der Waals surface area contributed by atoms with Crippen LogP contribution >= 0.6 is 0 Å². The van der Waals surface area contributed by atoms with Crippen LogP contribution in [0, 0.1) is 0 Å². The first kappa shape index (κ1) is 52.0. The van der Waals surface area contributed by atoms with Gasteiger partial charge in [0, 0.05) is 7.11 Å². The van der Waals surface area contributed by atoms with Crippen molar-refractivity contribution in [3.05, 3.63) is 251 Å². The van der Waals surface area contributed by atoms with Crippen LogP contribution in [0.2, 0.25) is 0 Å². The molecule has 0 amide bonds. The smallest absolute Gasteiger partial charge is 0.187 e. The predicted molar refractivity (Wildman–Crippen MR) is 276 cm³/mol. The highest BCUT2D eigenvalue weighted by Gasteiger charge is 2.54. The zero-order chi connectivity index (χ0) is 49.7. The molecule has 0 radical (unpaired) electrons. The van der Waals surface area contributed by atoms with Gasteiger partial charge < -0.3 is 52.1 Å². The van der Waals surface area contributed by atoms with Crippen molar-refractivity contribution in [2.45, 2.75) is 108 Å². The quantitative estimate of drug-likeness (QED) is 0.0518. The van der Waals surface area contributed by atoms with Crippen LogP contribution in [0.15, 0.2) is 212 Å². The summed E-state index contributed by atoms with van der Waals surface area (Å²) in [5, 5.41) is 0. The Hall–Kier alpha value is -5.90. The minimum atomic E-state index is -1.09. The summed E-state index contributed by atoms with van der Waals surface area (Å²) in [6, 6.07) is 70.4. The third-order valence-corrected chi connectivity index (χ3v) is 12.9. The molecular formula is C62H66O11. The summed E-state index contributed by atoms with van der Waals surface area (Å²) in [6.45, 7) is 2.27. The Morgan fingerprint density at radius 2 is 0.548 bits per heavy atom. The van der Waals surface area contributed by atoms with Gasteiger partial charge in [-0.15, -0.1) is 0 Å². The van der Waals surface area contributed by atoms with Crippen molar-refractivity contribution in [1.29, 1.82) is 0 Å². The number of ether oxygens (including phenoxy) is 11. The van der Waals surface area contributed by atoms with Crippen LogP contribution in [-0.2, 0) is 98.4 Å². The molecule has 11 heteroatoms. The normalized spacial score (nSPS) is 24.0. The highest BCUT2D eigenvalue weighted by molar-refractivity contribution is 5.19. The number of benzene rings is 7. The molecule has 0 spiro atoms. The molecule has 10 unspecified atom stereocenters. The maximum atomic E-state index is 7.51. The third kappa shape index (κ3) is 15.3. The second kappa shape index (κ2) is 28.0. The first-order valence-corrected chi connectivity index (χ1v) is 25.2. The first-order valence-electron chi connectivity index (χ1n) is 25.2. The lowest BCUT2D eigenvalue weighted by Crippen LogP contribution is -2.66. The summed E-state index contributed by atoms with van der Waals surface area (Å²) in [7, 11) is 1.61. The lowest BCUT2D eigenvalue weighted by atomic mass is 9.95. The minimum Gasteiger partial charge on any atom is -0.374 e. The van der Waals surface area contributed by atoms with Crippen LogP contribution in [0.4, 0.5) is 0 Å². The van der Waals surface area contributed by atoms with E-state index in [1.165, 1.54) is 0 Å². The van der Waals surface area contributed by atoms with E-state index in [1.807, 2.05) is 212 Å². The van der Waals surface area contributed by atoms with Crippen molar-refractivity contribution in [2.75, 3.05) is 20.3 Å². The van der Waals surface area contributed by atoms with E-state index in [4.69, 9.17) is 52.1 Å². The molecule has 10 atom stereocenters. The average molecular weight is 987 g/mol. The second-order valence-electron chi connectivity index (χ2n) is 18.2. The van der Waals surface area contributed by atoms with Gasteiger partial charge in [0.2, 0.25) is 0 Å². The summed E-state index contributed by atoms with van der Waals surface area (Å²) >= 11 is 0. The molecule has 11 nitrogen and oxygen atoms in total. The van der Waals surface area contributed by atoms with Crippen molar-refractivity contribution in [3.63, 3.8) is 0 Å². The van der Waals surface area contributed by atoms with Crippen molar-refractivity contribution < 1.29 is 52.1 Å². The molecule has 2 fully saturated rings. The molecule has 2 heterocycles. The molecule has 380 valence electrons. The second-order valence-corrected chi connectivity index (χ2v) is 18.2. The van der Waals surface area contributed by atoms with Gasteiger partial charge in [-0.05, 0) is 38.9 Å². The molecule has 2 saturated heterocycles. The first-order chi connectivity index (χ1) is 36.2. The van der Waals surface area contributed by atoms with Crippen molar-refractivity contribution in [1.82, 2.24) is 0 Å². The van der Waals surface area contributed by atoms with Gasteiger partial charge in [-0.3, -0.25) is 0 Å². The Bertz CT molecular complexity index is 2560. The minimum absolute atomic E-state index is 0.124. The summed E-state index contributed by atoms with van der Waals surface area (Å²) in [5.74, 6) is 0. The van der Waals surface area contributed by atoms with Crippen LogP contribution in [-0.4, -0.2) is 81.7 Å². The van der Waals surface area contributed by atoms with Gasteiger partial charge in [-0.1, -0.05) is 212 Å². The standard InChI is InChI=1S/C62H66O11/c1-63-61-59(69-42-51-33-19-7-20-34-51)58(68-41-50-31-17-6-18-32-50)56(54(71-61)45-65-38-47-25-11-3-12-26-47)73-62-60(70-43-52-35-21-8-22-36-52)57(67-40-49-29-15-5-16-30-49)55(66-39-48-27-13-4-14-28-48)53(72-62)44-64-37-46-23-9-2-10-24-46/h2-36,53-62H,37-45H2,1H3. The Morgan fingerprint density at radius 3 is 0.890 bits per heavy atom. The van der Waals surface area contributed by atoms with Crippen molar-refractivity contribution >= 4 is 0 Å². The van der Waals surface area contributed by atoms with E-state index in [2.05, 4.69) is 0 Å². The molecule has 9 rings (SSSR count). The lowest BCUT2D eigenvalue weighted by Gasteiger charge is -2.50. The monoisotopic (exact) mass is 986 g/mol. The molecule has 0 N–H and O–H groups in total. The highest BCUT2D eigenvalue weighted by Crippen LogP contribution is 2.37. The molecule has 7 aromatic rings. The highest BCUT2D eigenvalue weighted by atomic mass is 16.8. The molecule has 0 aliphatic carbocycles. The molecular weight excluding hydrogens is 921 g/mol. The molecule has 7 aromatic carbocycles. The van der Waals surface area contributed by atoms with Gasteiger partial charge in [0.15, 0.2) is 12.6 Å². The van der Waals surface area contributed by atoms with Gasteiger partial charge in [-0.25, -0.2) is 0 Å². The van der Waals surface area contributed by atoms with Gasteiger partial charge in [0.25, 0.3) is 0 Å². The van der Waals surface area contributed by atoms with Crippen LogP contribution in [0.25, 0.3) is 0 Å². The number of hydrogen-bond donors (Lipinski definition) is 0. The van der Waals surface area contributed by atoms with Crippen LogP contribution in [0.3, 0.4) is 0 Å². The number of methoxy groups -OCH3 is 1. The maximum Gasteiger partial charge on any atom is 0.187 e. The summed E-state index contributed by atoms with van der Waals surface area (Å²) < 4.78 is 75.9. The molecule has 0 bridgehead atoms. The molecule has 2 aliphatic heterocycles. The Kier molecular flexibility index (Phi) is 19.9. The van der Waals surface area contributed by atoms with Crippen molar-refractivity contribution in [2.24, 2.45) is 0 Å². The lowest BCUT2D eigenvalue weighted by molar-refractivity contribution is -0.376. The van der Waals surface area contributed by atoms with E-state index in [0.717, 1.165) is 38.9 Å². The van der Waals surface area contributed by atoms with E-state index in [0.29, 0.717) is 13.2 Å². The maximum absolute atomic E-state index is 7.51. The van der Waals surface area contributed by atoms with Gasteiger partial charge in [0.1, 0.15) is 48.8 Å². The SMILES string of the molecule is COC1OC(COCc2ccccc2)C(OC2OC(COCc3ccccc3)C(OCc3ccccc3)C(OCc3ccccc3)C2OCc2ccccc2)C(OCc2ccccc2)C1OCc1ccccc1. The fourth-order valence-corrected chi connectivity index (χ4v) is 9.14. The molecule has 0 aromatic heterocycles. The van der Waals surface area contributed by atoms with Crippen molar-refractivity contribution in [3.8, 4) is 0 Å². The third-order valence-electron chi connectivity index (χ3n) is 12.9. The average Bonchev–Trinajstić information content (AvgIpc) is 3.45. The zero-order valence-electron chi connectivity index (χ0n) is 41.3. The fourth-order valence-electron chi connectivity index (χ4n) is 9.14. The summed E-state index contributed by atoms with van der Waals surface area (Å²) in [4.78, 5) is 0. The largest absolute Gasteiger partial charge is 0.374 e. The summed E-state index contributed by atoms with van der Waals surface area (Å²) in [5.41, 5.74) is 6.95. The van der Waals surface area contributed by atoms with Crippen LogP contribution < -0.4 is 0 Å². The number of rotatable bonds is 26. The Balaban J connectivity index is 1.11. The van der Waals surface area contributed by atoms with Crippen LogP contribution in [0.5, 0.6) is 0 Å². The molecule has 2 aliphatic rings. The van der Waals surface area contributed by atoms with E-state index in [1.54, 1.807) is 7.11 Å². The van der Waals surface area contributed by atoms with E-state index in [-0.39, 0.29) is 46.2 Å². The van der Waals surface area contributed by atoms with Crippen LogP contribution in [0.1, 0.15) is 38.9 Å². The Labute approximate surface area is 429 Å². The zero-order valence-corrected chi connectivity index (χ0v) is 41.3.